The lowest BCUT2D eigenvalue weighted by molar-refractivity contribution is -0.122. The third-order valence-corrected chi connectivity index (χ3v) is 6.07. The summed E-state index contributed by atoms with van der Waals surface area (Å²) in [5.74, 6) is -2.80. The Labute approximate surface area is 239 Å². The minimum absolute atomic E-state index is 0.0586. The maximum atomic E-state index is 13.4. The number of para-hydroxylation sites is 1. The molecule has 0 bridgehead atoms. The van der Waals surface area contributed by atoms with Crippen LogP contribution in [-0.4, -0.2) is 47.1 Å². The van der Waals surface area contributed by atoms with Gasteiger partial charge in [-0.15, -0.1) is 0 Å². The van der Waals surface area contributed by atoms with E-state index in [0.29, 0.717) is 11.3 Å². The summed E-state index contributed by atoms with van der Waals surface area (Å²) in [6.45, 7) is 1.63. The first kappa shape index (κ1) is 28.3. The second-order valence-electron chi connectivity index (χ2n) is 8.28. The fourth-order valence-electron chi connectivity index (χ4n) is 3.77. The van der Waals surface area contributed by atoms with Gasteiger partial charge in [0.25, 0.3) is 17.7 Å². The van der Waals surface area contributed by atoms with Crippen LogP contribution < -0.4 is 25.0 Å². The van der Waals surface area contributed by atoms with Crippen LogP contribution in [0.15, 0.2) is 72.3 Å². The molecule has 204 valence electrons. The Morgan fingerprint density at radius 3 is 2.52 bits per heavy atom. The van der Waals surface area contributed by atoms with E-state index in [9.17, 15) is 24.3 Å². The molecule has 12 heteroatoms. The number of carboxylic acids is 1. The first-order valence-electron chi connectivity index (χ1n) is 11.9. The van der Waals surface area contributed by atoms with Crippen LogP contribution >= 0.6 is 23.8 Å². The van der Waals surface area contributed by atoms with Crippen molar-refractivity contribution in [1.29, 1.82) is 0 Å². The van der Waals surface area contributed by atoms with Crippen molar-refractivity contribution in [3.05, 3.63) is 88.5 Å². The fraction of sp³-hybridized carbons (Fsp3) is 0.107. The Kier molecular flexibility index (Phi) is 8.77. The second-order valence-corrected chi connectivity index (χ2v) is 9.07. The maximum Gasteiger partial charge on any atom is 0.335 e. The summed E-state index contributed by atoms with van der Waals surface area (Å²) < 4.78 is 11.3. The summed E-state index contributed by atoms with van der Waals surface area (Å²) in [7, 11) is 0. The van der Waals surface area contributed by atoms with E-state index in [1.54, 1.807) is 31.2 Å². The molecule has 3 aromatic carbocycles. The third kappa shape index (κ3) is 6.45. The number of rotatable bonds is 9. The predicted molar refractivity (Wildman–Crippen MR) is 153 cm³/mol. The predicted octanol–water partition coefficient (Wildman–Crippen LogP) is 4.29. The van der Waals surface area contributed by atoms with Crippen LogP contribution in [0.5, 0.6) is 11.5 Å². The highest BCUT2D eigenvalue weighted by molar-refractivity contribution is 7.80. The van der Waals surface area contributed by atoms with Crippen molar-refractivity contribution in [3.63, 3.8) is 0 Å². The monoisotopic (exact) mass is 579 g/mol. The van der Waals surface area contributed by atoms with Crippen molar-refractivity contribution in [1.82, 2.24) is 5.32 Å². The van der Waals surface area contributed by atoms with Gasteiger partial charge >= 0.3 is 5.97 Å². The van der Waals surface area contributed by atoms with Gasteiger partial charge in [0.15, 0.2) is 23.2 Å². The standard InChI is InChI=1S/C28H22ClN3O7S/c1-2-38-22-13-16(12-21(29)24(22)39-15-23(33)30-18-8-4-3-5-9-18)11-20-25(34)31-28(40)32(26(20)35)19-10-6-7-17(14-19)27(36)37/h3-14H,2,15H2,1H3,(H,30,33)(H,36,37)(H,31,34,40). The molecule has 3 amide bonds. The molecule has 3 N–H and O–H groups in total. The van der Waals surface area contributed by atoms with Crippen molar-refractivity contribution in [2.24, 2.45) is 0 Å². The highest BCUT2D eigenvalue weighted by atomic mass is 35.5. The molecule has 4 rings (SSSR count). The van der Waals surface area contributed by atoms with Gasteiger partial charge in [0.05, 0.1) is 22.9 Å². The van der Waals surface area contributed by atoms with E-state index in [1.165, 1.54) is 42.5 Å². The number of thiocarbonyl (C=S) groups is 1. The van der Waals surface area contributed by atoms with Crippen molar-refractivity contribution < 1.29 is 33.8 Å². The Bertz CT molecular complexity index is 1540. The van der Waals surface area contributed by atoms with E-state index in [4.69, 9.17) is 33.3 Å². The number of halogens is 1. The Morgan fingerprint density at radius 1 is 1.07 bits per heavy atom. The lowest BCUT2D eigenvalue weighted by Gasteiger charge is -2.29. The molecule has 0 saturated carbocycles. The molecule has 0 aromatic heterocycles. The molecule has 3 aromatic rings. The highest BCUT2D eigenvalue weighted by Gasteiger charge is 2.35. The number of benzene rings is 3. The summed E-state index contributed by atoms with van der Waals surface area (Å²) in [6.07, 6.45) is 1.30. The average molecular weight is 580 g/mol. The fourth-order valence-corrected chi connectivity index (χ4v) is 4.32. The molecular weight excluding hydrogens is 558 g/mol. The quantitative estimate of drug-likeness (QED) is 0.194. The second kappa shape index (κ2) is 12.4. The smallest absolute Gasteiger partial charge is 0.335 e. The van der Waals surface area contributed by atoms with Crippen LogP contribution in [0.25, 0.3) is 6.08 Å². The largest absolute Gasteiger partial charge is 0.490 e. The van der Waals surface area contributed by atoms with Crippen molar-refractivity contribution in [2.75, 3.05) is 23.4 Å². The minimum Gasteiger partial charge on any atom is -0.490 e. The molecule has 10 nitrogen and oxygen atoms in total. The molecule has 1 aliphatic rings. The lowest BCUT2D eigenvalue weighted by Crippen LogP contribution is -2.54. The van der Waals surface area contributed by atoms with Gasteiger partial charge in [-0.05, 0) is 73.2 Å². The molecule has 1 saturated heterocycles. The van der Waals surface area contributed by atoms with E-state index in [0.717, 1.165) is 4.90 Å². The van der Waals surface area contributed by atoms with E-state index in [2.05, 4.69) is 10.6 Å². The zero-order chi connectivity index (χ0) is 28.8. The number of ether oxygens (including phenoxy) is 2. The van der Waals surface area contributed by atoms with Gasteiger partial charge in [-0.3, -0.25) is 24.6 Å². The number of nitrogens with zero attached hydrogens (tertiary/aromatic N) is 1. The van der Waals surface area contributed by atoms with E-state index >= 15 is 0 Å². The molecule has 40 heavy (non-hydrogen) atoms. The van der Waals surface area contributed by atoms with Gasteiger partial charge in [-0.2, -0.15) is 0 Å². The SMILES string of the molecule is CCOc1cc(C=C2C(=O)NC(=S)N(c3cccc(C(=O)O)c3)C2=O)cc(Cl)c1OCC(=O)Nc1ccccc1. The number of anilines is 2. The highest BCUT2D eigenvalue weighted by Crippen LogP contribution is 2.37. The zero-order valence-corrected chi connectivity index (χ0v) is 22.5. The molecule has 0 radical (unpaired) electrons. The topological polar surface area (TPSA) is 134 Å². The number of carbonyl (C=O) groups is 4. The van der Waals surface area contributed by atoms with Gasteiger partial charge in [-0.25, -0.2) is 4.79 Å². The molecule has 1 heterocycles. The van der Waals surface area contributed by atoms with Crippen LogP contribution in [0.4, 0.5) is 11.4 Å². The van der Waals surface area contributed by atoms with Crippen LogP contribution in [-0.2, 0) is 14.4 Å². The summed E-state index contributed by atoms with van der Waals surface area (Å²) in [6, 6.07) is 17.4. The first-order chi connectivity index (χ1) is 19.2. The van der Waals surface area contributed by atoms with Gasteiger partial charge in [0.1, 0.15) is 5.57 Å². The number of hydrogen-bond acceptors (Lipinski definition) is 7. The third-order valence-electron chi connectivity index (χ3n) is 5.50. The van der Waals surface area contributed by atoms with Crippen molar-refractivity contribution in [3.8, 4) is 11.5 Å². The molecule has 1 aliphatic heterocycles. The first-order valence-corrected chi connectivity index (χ1v) is 12.7. The molecule has 0 atom stereocenters. The summed E-state index contributed by atoms with van der Waals surface area (Å²) in [4.78, 5) is 50.8. The Hall–Kier alpha value is -4.74. The summed E-state index contributed by atoms with van der Waals surface area (Å²) >= 11 is 11.6. The number of nitrogens with one attached hydrogen (secondary N) is 2. The van der Waals surface area contributed by atoms with Gasteiger partial charge in [0.2, 0.25) is 0 Å². The lowest BCUT2D eigenvalue weighted by atomic mass is 10.1. The van der Waals surface area contributed by atoms with Crippen LogP contribution in [0.3, 0.4) is 0 Å². The molecule has 0 spiro atoms. The van der Waals surface area contributed by atoms with E-state index < -0.39 is 23.7 Å². The minimum atomic E-state index is -1.19. The number of hydrogen-bond donors (Lipinski definition) is 3. The average Bonchev–Trinajstić information content (AvgIpc) is 2.91. The Balaban J connectivity index is 1.60. The molecule has 0 aliphatic carbocycles. The molecule has 1 fully saturated rings. The van der Waals surface area contributed by atoms with Crippen LogP contribution in [0.2, 0.25) is 5.02 Å². The summed E-state index contributed by atoms with van der Waals surface area (Å²) in [5.41, 5.74) is 0.778. The normalized spacial score (nSPS) is 14.1. The summed E-state index contributed by atoms with van der Waals surface area (Å²) in [5, 5.41) is 14.3. The number of carbonyl (C=O) groups excluding carboxylic acids is 3. The van der Waals surface area contributed by atoms with Gasteiger partial charge in [-0.1, -0.05) is 35.9 Å². The number of carboxylic acid groups (broad SMARTS) is 1. The molecular formula is C28H22ClN3O7S. The zero-order valence-electron chi connectivity index (χ0n) is 21.0. The maximum absolute atomic E-state index is 13.4. The van der Waals surface area contributed by atoms with Crippen molar-refractivity contribution in [2.45, 2.75) is 6.92 Å². The van der Waals surface area contributed by atoms with E-state index in [1.807, 2.05) is 6.07 Å². The van der Waals surface area contributed by atoms with Gasteiger partial charge in [0, 0.05) is 5.69 Å². The van der Waals surface area contributed by atoms with Gasteiger partial charge < -0.3 is 19.9 Å². The van der Waals surface area contributed by atoms with Crippen LogP contribution in [0.1, 0.15) is 22.8 Å². The van der Waals surface area contributed by atoms with Crippen LogP contribution in [0, 0.1) is 0 Å². The number of aromatic carboxylic acids is 1. The Morgan fingerprint density at radius 2 is 1.82 bits per heavy atom. The van der Waals surface area contributed by atoms with E-state index in [-0.39, 0.29) is 51.7 Å². The van der Waals surface area contributed by atoms with Crippen molar-refractivity contribution >= 4 is 70.1 Å². The molecule has 0 unspecified atom stereocenters. The number of amides is 3.